The van der Waals surface area contributed by atoms with Gasteiger partial charge in [0.05, 0.1) is 17.1 Å². The first-order valence-corrected chi connectivity index (χ1v) is 21.1. The van der Waals surface area contributed by atoms with E-state index in [1.807, 2.05) is 12.1 Å². The Morgan fingerprint density at radius 3 is 1.93 bits per heavy atom. The van der Waals surface area contributed by atoms with Gasteiger partial charge >= 0.3 is 0 Å². The van der Waals surface area contributed by atoms with E-state index in [0.29, 0.717) is 0 Å². The maximum absolute atomic E-state index is 6.37. The summed E-state index contributed by atoms with van der Waals surface area (Å²) < 4.78 is 8.75. The monoisotopic (exact) mass is 780 g/mol. The Balaban J connectivity index is 0.912. The molecule has 61 heavy (non-hydrogen) atoms. The van der Waals surface area contributed by atoms with E-state index in [1.165, 1.54) is 71.7 Å². The molecule has 2 heterocycles. The van der Waals surface area contributed by atoms with Crippen molar-refractivity contribution < 1.29 is 4.42 Å². The molecule has 0 saturated carbocycles. The zero-order valence-electron chi connectivity index (χ0n) is 33.4. The van der Waals surface area contributed by atoms with Crippen molar-refractivity contribution in [2.45, 2.75) is 12.5 Å². The largest absolute Gasteiger partial charge is 0.456 e. The summed E-state index contributed by atoms with van der Waals surface area (Å²) in [6, 6.07) is 74.5. The third-order valence-electron chi connectivity index (χ3n) is 12.5. The van der Waals surface area contributed by atoms with Crippen LogP contribution in [0.5, 0.6) is 0 Å². The third-order valence-corrected chi connectivity index (χ3v) is 12.5. The van der Waals surface area contributed by atoms with Crippen LogP contribution < -0.4 is 4.90 Å². The number of hydrogen-bond donors (Lipinski definition) is 0. The summed E-state index contributed by atoms with van der Waals surface area (Å²) in [4.78, 5) is 2.49. The molecule has 0 radical (unpaired) electrons. The van der Waals surface area contributed by atoms with Gasteiger partial charge in [-0.1, -0.05) is 164 Å². The Hall–Kier alpha value is -7.88. The lowest BCUT2D eigenvalue weighted by Gasteiger charge is -2.33. The average Bonchev–Trinajstić information content (AvgIpc) is 3.88. The number of hydrogen-bond acceptors (Lipinski definition) is 2. The summed E-state index contributed by atoms with van der Waals surface area (Å²) in [5.41, 5.74) is 14.9. The second kappa shape index (κ2) is 14.4. The van der Waals surface area contributed by atoms with Gasteiger partial charge in [-0.25, -0.2) is 0 Å². The average molecular weight is 781 g/mol. The van der Waals surface area contributed by atoms with Crippen LogP contribution >= 0.6 is 0 Å². The van der Waals surface area contributed by atoms with Crippen molar-refractivity contribution in [3.63, 3.8) is 0 Å². The highest BCUT2D eigenvalue weighted by molar-refractivity contribution is 6.15. The van der Waals surface area contributed by atoms with E-state index in [9.17, 15) is 0 Å². The molecule has 1 unspecified atom stereocenters. The fraction of sp³-hybridized carbons (Fsp3) is 0.0345. The molecule has 0 N–H and O–H groups in total. The number of anilines is 2. The summed E-state index contributed by atoms with van der Waals surface area (Å²) in [6.07, 6.45) is 8.01. The van der Waals surface area contributed by atoms with Crippen LogP contribution in [0, 0.1) is 0 Å². The number of fused-ring (bicyclic) bond motifs is 7. The maximum atomic E-state index is 6.37. The molecule has 288 valence electrons. The standard InChI is InChI=1S/C58H40N2O/c1-2-16-44(17-3-1)59(45-33-31-40(32-34-45)39-27-29-42(30-28-39)49-22-11-14-41-13-4-5-19-48(41)49)46-18-10-15-43(37-46)50-23-12-25-55-58(50)53-21-6-8-24-54(53)60(55)47-35-36-52-51-20-7-9-26-56(51)61-57(52)38-47/h1-17,19-38,46H,18H2. The number of allylic oxidation sites excluding steroid dienone is 2. The molecule has 12 rings (SSSR count). The minimum Gasteiger partial charge on any atom is -0.456 e. The van der Waals surface area contributed by atoms with Gasteiger partial charge in [0.25, 0.3) is 0 Å². The first-order chi connectivity index (χ1) is 30.2. The molecule has 0 aliphatic heterocycles. The highest BCUT2D eigenvalue weighted by atomic mass is 16.3. The number of nitrogens with zero attached hydrogens (tertiary/aromatic N) is 2. The maximum Gasteiger partial charge on any atom is 0.137 e. The second-order valence-electron chi connectivity index (χ2n) is 16.0. The van der Waals surface area contributed by atoms with Crippen LogP contribution in [0.25, 0.3) is 88.0 Å². The molecule has 11 aromatic rings. The van der Waals surface area contributed by atoms with Crippen molar-refractivity contribution in [2.24, 2.45) is 0 Å². The minimum atomic E-state index is 0.104. The predicted octanol–water partition coefficient (Wildman–Crippen LogP) is 15.7. The number of aromatic nitrogens is 1. The number of rotatable bonds is 7. The molecule has 3 nitrogen and oxygen atoms in total. The summed E-state index contributed by atoms with van der Waals surface area (Å²) in [6.45, 7) is 0. The Bertz CT molecular complexity index is 3490. The van der Waals surface area contributed by atoms with Gasteiger partial charge in [-0.2, -0.15) is 0 Å². The van der Waals surface area contributed by atoms with E-state index in [-0.39, 0.29) is 6.04 Å². The fourth-order valence-electron chi connectivity index (χ4n) is 9.67. The summed E-state index contributed by atoms with van der Waals surface area (Å²) >= 11 is 0. The highest BCUT2D eigenvalue weighted by Crippen LogP contribution is 2.41. The smallest absolute Gasteiger partial charge is 0.137 e. The molecular weight excluding hydrogens is 741 g/mol. The van der Waals surface area contributed by atoms with Crippen molar-refractivity contribution in [2.75, 3.05) is 4.90 Å². The Kier molecular flexibility index (Phi) is 8.31. The van der Waals surface area contributed by atoms with Gasteiger partial charge in [0, 0.05) is 44.7 Å². The van der Waals surface area contributed by atoms with Crippen molar-refractivity contribution >= 4 is 71.5 Å². The Morgan fingerprint density at radius 1 is 0.459 bits per heavy atom. The summed E-state index contributed by atoms with van der Waals surface area (Å²) in [7, 11) is 0. The van der Waals surface area contributed by atoms with E-state index in [1.54, 1.807) is 0 Å². The van der Waals surface area contributed by atoms with Crippen LogP contribution in [-0.2, 0) is 0 Å². The van der Waals surface area contributed by atoms with Crippen molar-refractivity contribution in [3.8, 4) is 27.9 Å². The topological polar surface area (TPSA) is 21.3 Å². The fourth-order valence-corrected chi connectivity index (χ4v) is 9.67. The van der Waals surface area contributed by atoms with Crippen LogP contribution in [0.15, 0.2) is 229 Å². The lowest BCUT2D eigenvalue weighted by atomic mass is 9.92. The molecule has 1 atom stereocenters. The first-order valence-electron chi connectivity index (χ1n) is 21.1. The van der Waals surface area contributed by atoms with Gasteiger partial charge in [0.15, 0.2) is 0 Å². The molecular formula is C58H40N2O. The van der Waals surface area contributed by atoms with Crippen LogP contribution in [-0.4, -0.2) is 10.6 Å². The van der Waals surface area contributed by atoms with Gasteiger partial charge in [-0.15, -0.1) is 0 Å². The van der Waals surface area contributed by atoms with E-state index in [0.717, 1.165) is 39.7 Å². The quantitative estimate of drug-likeness (QED) is 0.161. The minimum absolute atomic E-state index is 0.104. The molecule has 0 bridgehead atoms. The molecule has 0 amide bonds. The van der Waals surface area contributed by atoms with Crippen LogP contribution in [0.2, 0.25) is 0 Å². The van der Waals surface area contributed by atoms with Gasteiger partial charge < -0.3 is 13.9 Å². The van der Waals surface area contributed by atoms with Crippen LogP contribution in [0.4, 0.5) is 11.4 Å². The van der Waals surface area contributed by atoms with Gasteiger partial charge in [-0.3, -0.25) is 0 Å². The van der Waals surface area contributed by atoms with Crippen LogP contribution in [0.1, 0.15) is 12.0 Å². The normalized spacial score (nSPS) is 14.0. The molecule has 1 aliphatic rings. The Morgan fingerprint density at radius 2 is 1.08 bits per heavy atom. The van der Waals surface area contributed by atoms with E-state index >= 15 is 0 Å². The lowest BCUT2D eigenvalue weighted by Crippen LogP contribution is -2.30. The van der Waals surface area contributed by atoms with E-state index in [2.05, 4.69) is 222 Å². The van der Waals surface area contributed by atoms with Crippen LogP contribution in [0.3, 0.4) is 0 Å². The van der Waals surface area contributed by atoms with Crippen molar-refractivity contribution in [1.82, 2.24) is 4.57 Å². The zero-order chi connectivity index (χ0) is 40.3. The zero-order valence-corrected chi connectivity index (χ0v) is 33.4. The van der Waals surface area contributed by atoms with Gasteiger partial charge in [0.1, 0.15) is 11.2 Å². The molecule has 0 saturated heterocycles. The SMILES string of the molecule is C1=CC(c2cccc3c2c2ccccc2n3-c2ccc3c(c2)oc2ccccc23)=CC(N(c2ccccc2)c2ccc(-c3ccc(-c4cccc5ccccc45)cc3)cc2)C1. The number of furan rings is 1. The molecule has 0 fully saturated rings. The van der Waals surface area contributed by atoms with Crippen molar-refractivity contribution in [3.05, 3.63) is 230 Å². The molecule has 2 aromatic heterocycles. The predicted molar refractivity (Wildman–Crippen MR) is 257 cm³/mol. The van der Waals surface area contributed by atoms with Gasteiger partial charge in [-0.05, 0) is 105 Å². The molecule has 3 heteroatoms. The van der Waals surface area contributed by atoms with Gasteiger partial charge in [0.2, 0.25) is 0 Å². The highest BCUT2D eigenvalue weighted by Gasteiger charge is 2.24. The molecule has 9 aromatic carbocycles. The van der Waals surface area contributed by atoms with Crippen molar-refractivity contribution in [1.29, 1.82) is 0 Å². The third kappa shape index (κ3) is 5.97. The van der Waals surface area contributed by atoms with E-state index in [4.69, 9.17) is 4.42 Å². The molecule has 0 spiro atoms. The Labute approximate surface area is 354 Å². The lowest BCUT2D eigenvalue weighted by molar-refractivity contribution is 0.668. The molecule has 1 aliphatic carbocycles. The second-order valence-corrected chi connectivity index (χ2v) is 16.0. The van der Waals surface area contributed by atoms with E-state index < -0.39 is 0 Å². The summed E-state index contributed by atoms with van der Waals surface area (Å²) in [5.74, 6) is 0. The summed E-state index contributed by atoms with van der Waals surface area (Å²) in [5, 5.41) is 7.29. The first kappa shape index (κ1) is 35.1. The number of benzene rings is 9. The number of para-hydroxylation sites is 3.